The topological polar surface area (TPSA) is 87.5 Å². The van der Waals surface area contributed by atoms with Crippen molar-refractivity contribution in [3.63, 3.8) is 0 Å². The van der Waals surface area contributed by atoms with E-state index in [1.54, 1.807) is 11.1 Å². The Hall–Kier alpha value is -2.01. The van der Waals surface area contributed by atoms with E-state index in [-0.39, 0.29) is 11.6 Å². The second-order valence-electron chi connectivity index (χ2n) is 7.43. The van der Waals surface area contributed by atoms with E-state index in [2.05, 4.69) is 32.3 Å². The lowest BCUT2D eigenvalue weighted by molar-refractivity contribution is 0.0149. The van der Waals surface area contributed by atoms with Gasteiger partial charge in [-0.25, -0.2) is 9.78 Å². The van der Waals surface area contributed by atoms with Crippen LogP contribution >= 0.6 is 15.9 Å². The van der Waals surface area contributed by atoms with Gasteiger partial charge in [0.2, 0.25) is 0 Å². The van der Waals surface area contributed by atoms with Gasteiger partial charge in [0.1, 0.15) is 23.8 Å². The standard InChI is InChI=1S/C17H21BrN4O3/c1-16(2,3)25-15(23)22-6-4-17(5-7-22)10-24-13-11(8-19)12(18)9-20-14(13)21-17/h9H,4-7,10H2,1-3H3,(H,20,21). The summed E-state index contributed by atoms with van der Waals surface area (Å²) in [6.07, 6.45) is 2.77. The number of hydrogen-bond acceptors (Lipinski definition) is 6. The van der Waals surface area contributed by atoms with E-state index in [1.165, 1.54) is 0 Å². The Morgan fingerprint density at radius 2 is 2.16 bits per heavy atom. The highest BCUT2D eigenvalue weighted by molar-refractivity contribution is 9.10. The minimum atomic E-state index is -0.498. The van der Waals surface area contributed by atoms with Gasteiger partial charge in [0.25, 0.3) is 0 Å². The Morgan fingerprint density at radius 1 is 1.48 bits per heavy atom. The molecule has 0 aliphatic carbocycles. The molecule has 1 aromatic heterocycles. The minimum Gasteiger partial charge on any atom is -0.486 e. The number of carbonyl (C=O) groups excluding carboxylic acids is 1. The molecule has 1 amide bonds. The summed E-state index contributed by atoms with van der Waals surface area (Å²) in [7, 11) is 0. The van der Waals surface area contributed by atoms with Gasteiger partial charge in [-0.15, -0.1) is 0 Å². The molecule has 134 valence electrons. The van der Waals surface area contributed by atoms with Crippen LogP contribution in [0.1, 0.15) is 39.2 Å². The van der Waals surface area contributed by atoms with Crippen LogP contribution in [0.15, 0.2) is 10.7 Å². The molecule has 0 bridgehead atoms. The number of carbonyl (C=O) groups is 1. The number of ether oxygens (including phenoxy) is 2. The lowest BCUT2D eigenvalue weighted by Gasteiger charge is -2.44. The van der Waals surface area contributed by atoms with Gasteiger partial charge in [0, 0.05) is 19.3 Å². The van der Waals surface area contributed by atoms with E-state index in [4.69, 9.17) is 9.47 Å². The molecule has 25 heavy (non-hydrogen) atoms. The number of hydrogen-bond donors (Lipinski definition) is 1. The van der Waals surface area contributed by atoms with Crippen molar-refractivity contribution in [2.45, 2.75) is 44.8 Å². The van der Waals surface area contributed by atoms with E-state index in [1.807, 2.05) is 20.8 Å². The number of nitrogens with zero attached hydrogens (tertiary/aromatic N) is 3. The number of anilines is 1. The second kappa shape index (κ2) is 6.37. The smallest absolute Gasteiger partial charge is 0.410 e. The molecule has 1 fully saturated rings. The zero-order chi connectivity index (χ0) is 18.2. The van der Waals surface area contributed by atoms with Crippen LogP contribution in [0.3, 0.4) is 0 Å². The number of amides is 1. The molecule has 2 aliphatic heterocycles. The van der Waals surface area contributed by atoms with E-state index in [9.17, 15) is 10.1 Å². The largest absolute Gasteiger partial charge is 0.486 e. The first-order valence-electron chi connectivity index (χ1n) is 8.20. The summed E-state index contributed by atoms with van der Waals surface area (Å²) in [4.78, 5) is 18.3. The number of fused-ring (bicyclic) bond motifs is 1. The molecule has 7 nitrogen and oxygen atoms in total. The highest BCUT2D eigenvalue weighted by Crippen LogP contribution is 2.40. The molecule has 3 heterocycles. The molecule has 1 N–H and O–H groups in total. The maximum Gasteiger partial charge on any atom is 0.410 e. The molecular weight excluding hydrogens is 388 g/mol. The summed E-state index contributed by atoms with van der Waals surface area (Å²) in [5.74, 6) is 1.06. The van der Waals surface area contributed by atoms with Crippen molar-refractivity contribution < 1.29 is 14.3 Å². The van der Waals surface area contributed by atoms with E-state index < -0.39 is 5.60 Å². The first kappa shape index (κ1) is 17.8. The van der Waals surface area contributed by atoms with Gasteiger partial charge in [0.05, 0.1) is 10.0 Å². The highest BCUT2D eigenvalue weighted by atomic mass is 79.9. The zero-order valence-corrected chi connectivity index (χ0v) is 16.1. The quantitative estimate of drug-likeness (QED) is 0.708. The third kappa shape index (κ3) is 3.66. The van der Waals surface area contributed by atoms with Crippen molar-refractivity contribution in [3.05, 3.63) is 16.2 Å². The molecule has 1 saturated heterocycles. The molecular formula is C17H21BrN4O3. The van der Waals surface area contributed by atoms with Gasteiger partial charge in [-0.2, -0.15) is 5.26 Å². The predicted molar refractivity (Wildman–Crippen MR) is 95.5 cm³/mol. The average molecular weight is 409 g/mol. The Labute approximate surface area is 155 Å². The summed E-state index contributed by atoms with van der Waals surface area (Å²) < 4.78 is 11.9. The summed E-state index contributed by atoms with van der Waals surface area (Å²) in [5, 5.41) is 12.7. The fourth-order valence-electron chi connectivity index (χ4n) is 3.02. The zero-order valence-electron chi connectivity index (χ0n) is 14.6. The van der Waals surface area contributed by atoms with Gasteiger partial charge in [-0.1, -0.05) is 0 Å². The summed E-state index contributed by atoms with van der Waals surface area (Å²) in [5.41, 5.74) is -0.333. The molecule has 0 aromatic carbocycles. The summed E-state index contributed by atoms with van der Waals surface area (Å²) in [6.45, 7) is 7.20. The monoisotopic (exact) mass is 408 g/mol. The molecule has 1 aromatic rings. The fourth-order valence-corrected chi connectivity index (χ4v) is 3.39. The lowest BCUT2D eigenvalue weighted by atomic mass is 9.87. The lowest BCUT2D eigenvalue weighted by Crippen LogP contribution is -2.56. The van der Waals surface area contributed by atoms with Crippen LogP contribution < -0.4 is 10.1 Å². The number of nitriles is 1. The molecule has 3 rings (SSSR count). The third-order valence-electron chi connectivity index (χ3n) is 4.35. The minimum absolute atomic E-state index is 0.279. The molecule has 0 radical (unpaired) electrons. The summed E-state index contributed by atoms with van der Waals surface area (Å²) in [6, 6.07) is 2.14. The first-order chi connectivity index (χ1) is 11.7. The van der Waals surface area contributed by atoms with Crippen molar-refractivity contribution in [2.75, 3.05) is 25.0 Å². The second-order valence-corrected chi connectivity index (χ2v) is 8.29. The van der Waals surface area contributed by atoms with Crippen molar-refractivity contribution in [1.82, 2.24) is 9.88 Å². The molecule has 8 heteroatoms. The van der Waals surface area contributed by atoms with Crippen LogP contribution in [0, 0.1) is 11.3 Å². The maximum atomic E-state index is 12.2. The number of likely N-dealkylation sites (tertiary alicyclic amines) is 1. The number of rotatable bonds is 0. The highest BCUT2D eigenvalue weighted by Gasteiger charge is 2.41. The number of halogens is 1. The van der Waals surface area contributed by atoms with Crippen LogP contribution in [-0.4, -0.2) is 46.8 Å². The van der Waals surface area contributed by atoms with Crippen molar-refractivity contribution >= 4 is 27.8 Å². The number of nitrogens with one attached hydrogen (secondary N) is 1. The van der Waals surface area contributed by atoms with E-state index in [0.29, 0.717) is 41.3 Å². The first-order valence-corrected chi connectivity index (χ1v) is 9.00. The van der Waals surface area contributed by atoms with Crippen LogP contribution in [0.4, 0.5) is 10.6 Å². The Kier molecular flexibility index (Phi) is 4.54. The van der Waals surface area contributed by atoms with Gasteiger partial charge in [-0.05, 0) is 49.5 Å². The molecule has 0 unspecified atom stereocenters. The van der Waals surface area contributed by atoms with Gasteiger partial charge in [-0.3, -0.25) is 0 Å². The number of aromatic nitrogens is 1. The molecule has 2 aliphatic rings. The number of piperidine rings is 1. The predicted octanol–water partition coefficient (Wildman–Crippen LogP) is 3.29. The third-order valence-corrected chi connectivity index (χ3v) is 4.95. The Morgan fingerprint density at radius 3 is 2.76 bits per heavy atom. The Balaban J connectivity index is 1.69. The van der Waals surface area contributed by atoms with Gasteiger partial charge in [0.15, 0.2) is 11.6 Å². The van der Waals surface area contributed by atoms with Crippen molar-refractivity contribution in [2.24, 2.45) is 0 Å². The fraction of sp³-hybridized carbons (Fsp3) is 0.588. The number of pyridine rings is 1. The van der Waals surface area contributed by atoms with Crippen LogP contribution in [0.2, 0.25) is 0 Å². The van der Waals surface area contributed by atoms with Gasteiger partial charge < -0.3 is 19.7 Å². The normalized spacial score (nSPS) is 18.6. The van der Waals surface area contributed by atoms with E-state index in [0.717, 1.165) is 12.8 Å². The van der Waals surface area contributed by atoms with Crippen molar-refractivity contribution in [3.8, 4) is 11.8 Å². The van der Waals surface area contributed by atoms with Crippen molar-refractivity contribution in [1.29, 1.82) is 5.26 Å². The average Bonchev–Trinajstić information content (AvgIpc) is 2.54. The molecule has 0 saturated carbocycles. The van der Waals surface area contributed by atoms with Crippen LogP contribution in [0.25, 0.3) is 0 Å². The SMILES string of the molecule is CC(C)(C)OC(=O)N1CCC2(CC1)COc1c(ncc(Br)c1C#N)N2. The Bertz CT molecular complexity index is 731. The van der Waals surface area contributed by atoms with E-state index >= 15 is 0 Å². The molecule has 1 spiro atoms. The van der Waals surface area contributed by atoms with Crippen LogP contribution in [0.5, 0.6) is 5.75 Å². The molecule has 0 atom stereocenters. The van der Waals surface area contributed by atoms with Crippen LogP contribution in [-0.2, 0) is 4.74 Å². The summed E-state index contributed by atoms with van der Waals surface area (Å²) >= 11 is 3.32. The maximum absolute atomic E-state index is 12.2. The van der Waals surface area contributed by atoms with Gasteiger partial charge >= 0.3 is 6.09 Å².